The molecule has 3 aromatic rings. The quantitative estimate of drug-likeness (QED) is 0.419. The number of fused-ring (bicyclic) bond motifs is 1. The van der Waals surface area contributed by atoms with Crippen molar-refractivity contribution >= 4 is 16.9 Å². The van der Waals surface area contributed by atoms with Gasteiger partial charge in [0.15, 0.2) is 5.41 Å². The first-order valence-corrected chi connectivity index (χ1v) is 8.71. The van der Waals surface area contributed by atoms with Gasteiger partial charge >= 0.3 is 5.97 Å². The molecule has 0 aliphatic heterocycles. The molecule has 0 bridgehead atoms. The first-order chi connectivity index (χ1) is 12.7. The average Bonchev–Trinajstić information content (AvgIpc) is 3.03. The van der Waals surface area contributed by atoms with Crippen LogP contribution in [0.2, 0.25) is 0 Å². The van der Waals surface area contributed by atoms with E-state index < -0.39 is 28.5 Å². The molecule has 0 spiro atoms. The van der Waals surface area contributed by atoms with Crippen molar-refractivity contribution in [2.45, 2.75) is 31.8 Å². The zero-order chi connectivity index (χ0) is 19.7. The predicted molar refractivity (Wildman–Crippen MR) is 103 cm³/mol. The fourth-order valence-electron chi connectivity index (χ4n) is 3.33. The zero-order valence-electron chi connectivity index (χ0n) is 15.6. The number of benzene rings is 2. The maximum absolute atomic E-state index is 13.4. The third-order valence-corrected chi connectivity index (χ3v) is 4.43. The van der Waals surface area contributed by atoms with Crippen LogP contribution in [0.15, 0.2) is 60.8 Å². The van der Waals surface area contributed by atoms with Gasteiger partial charge in [-0.05, 0) is 32.4 Å². The Morgan fingerprint density at radius 1 is 1.07 bits per heavy atom. The van der Waals surface area contributed by atoms with Crippen LogP contribution in [-0.2, 0) is 14.9 Å². The lowest BCUT2D eigenvalue weighted by Crippen LogP contribution is -2.47. The van der Waals surface area contributed by atoms with Gasteiger partial charge < -0.3 is 9.72 Å². The highest BCUT2D eigenvalue weighted by Crippen LogP contribution is 2.39. The molecule has 6 heteroatoms. The number of nitrogens with one attached hydrogen (secondary N) is 1. The number of nitrogens with zero attached hydrogens (tertiary/aromatic N) is 1. The molecule has 0 radical (unpaired) electrons. The van der Waals surface area contributed by atoms with E-state index in [0.29, 0.717) is 11.1 Å². The van der Waals surface area contributed by atoms with E-state index in [1.54, 1.807) is 51.2 Å². The molecule has 0 saturated carbocycles. The summed E-state index contributed by atoms with van der Waals surface area (Å²) in [4.78, 5) is 27.8. The van der Waals surface area contributed by atoms with Crippen LogP contribution in [0.1, 0.15) is 31.9 Å². The van der Waals surface area contributed by atoms with Gasteiger partial charge in [-0.2, -0.15) is 0 Å². The Bertz CT molecular complexity index is 973. The second-order valence-electron chi connectivity index (χ2n) is 7.51. The van der Waals surface area contributed by atoms with E-state index in [0.717, 1.165) is 10.9 Å². The number of carbonyl (C=O) groups excluding carboxylic acids is 1. The Morgan fingerprint density at radius 3 is 2.33 bits per heavy atom. The van der Waals surface area contributed by atoms with Gasteiger partial charge in [0.25, 0.3) is 0 Å². The van der Waals surface area contributed by atoms with Crippen molar-refractivity contribution in [2.75, 3.05) is 6.54 Å². The van der Waals surface area contributed by atoms with Crippen LogP contribution in [0.4, 0.5) is 0 Å². The summed E-state index contributed by atoms with van der Waals surface area (Å²) >= 11 is 0. The second-order valence-corrected chi connectivity index (χ2v) is 7.51. The Balaban J connectivity index is 2.32. The molecule has 3 rings (SSSR count). The van der Waals surface area contributed by atoms with Gasteiger partial charge in [0.2, 0.25) is 6.54 Å². The maximum atomic E-state index is 13.4. The second kappa shape index (κ2) is 6.87. The number of ether oxygens (including phenoxy) is 1. The first-order valence-electron chi connectivity index (χ1n) is 8.71. The van der Waals surface area contributed by atoms with Gasteiger partial charge in [-0.15, -0.1) is 0 Å². The molecule has 1 atom stereocenters. The standard InChI is InChI=1S/C21H22N2O4/c1-20(2,3)27-19(24)21(14-23(25)26,15-9-5-4-6-10-15)17-13-22-18-12-8-7-11-16(17)18/h4-13,22H,14H2,1-3H3/t21-/m1/s1. The number of hydrogen-bond donors (Lipinski definition) is 1. The molecule has 0 saturated heterocycles. The molecule has 0 aliphatic carbocycles. The van der Waals surface area contributed by atoms with Gasteiger partial charge in [-0.1, -0.05) is 48.5 Å². The fraction of sp³-hybridized carbons (Fsp3) is 0.286. The van der Waals surface area contributed by atoms with Gasteiger partial charge in [0.1, 0.15) is 5.60 Å². The Hall–Kier alpha value is -3.15. The third-order valence-electron chi connectivity index (χ3n) is 4.43. The molecule has 1 N–H and O–H groups in total. The fourth-order valence-corrected chi connectivity index (χ4v) is 3.33. The lowest BCUT2D eigenvalue weighted by molar-refractivity contribution is -0.486. The van der Waals surface area contributed by atoms with Crippen molar-refractivity contribution in [1.29, 1.82) is 0 Å². The van der Waals surface area contributed by atoms with Crippen LogP contribution in [0, 0.1) is 10.1 Å². The van der Waals surface area contributed by atoms with Crippen LogP contribution in [0.5, 0.6) is 0 Å². The number of aromatic amines is 1. The van der Waals surface area contributed by atoms with Crippen molar-refractivity contribution in [3.63, 3.8) is 0 Å². The molecule has 0 amide bonds. The molecule has 1 aromatic heterocycles. The van der Waals surface area contributed by atoms with Crippen LogP contribution >= 0.6 is 0 Å². The summed E-state index contributed by atoms with van der Waals surface area (Å²) < 4.78 is 5.67. The average molecular weight is 366 g/mol. The number of carbonyl (C=O) groups is 1. The minimum absolute atomic E-state index is 0.460. The zero-order valence-corrected chi connectivity index (χ0v) is 15.6. The third kappa shape index (κ3) is 3.56. The number of aromatic nitrogens is 1. The number of H-pyrrole nitrogens is 1. The molecule has 6 nitrogen and oxygen atoms in total. The van der Waals surface area contributed by atoms with Gasteiger partial charge in [0, 0.05) is 27.6 Å². The topological polar surface area (TPSA) is 85.2 Å². The maximum Gasteiger partial charge on any atom is 0.328 e. The van der Waals surface area contributed by atoms with Crippen molar-refractivity contribution < 1.29 is 14.5 Å². The van der Waals surface area contributed by atoms with E-state index >= 15 is 0 Å². The van der Waals surface area contributed by atoms with E-state index in [1.165, 1.54) is 0 Å². The predicted octanol–water partition coefficient (Wildman–Crippen LogP) is 4.07. The molecule has 1 heterocycles. The highest BCUT2D eigenvalue weighted by atomic mass is 16.6. The molecule has 2 aromatic carbocycles. The van der Waals surface area contributed by atoms with Crippen molar-refractivity contribution in [3.05, 3.63) is 82.0 Å². The molecule has 140 valence electrons. The first kappa shape index (κ1) is 18.6. The Kier molecular flexibility index (Phi) is 4.74. The minimum Gasteiger partial charge on any atom is -0.459 e. The Morgan fingerprint density at radius 2 is 1.70 bits per heavy atom. The van der Waals surface area contributed by atoms with E-state index in [-0.39, 0.29) is 0 Å². The van der Waals surface area contributed by atoms with Crippen molar-refractivity contribution in [3.8, 4) is 0 Å². The summed E-state index contributed by atoms with van der Waals surface area (Å²) in [6.07, 6.45) is 1.67. The summed E-state index contributed by atoms with van der Waals surface area (Å²) in [7, 11) is 0. The molecule has 0 aliphatic rings. The summed E-state index contributed by atoms with van der Waals surface area (Å²) in [6, 6.07) is 16.2. The number of esters is 1. The highest BCUT2D eigenvalue weighted by molar-refractivity contribution is 5.96. The summed E-state index contributed by atoms with van der Waals surface area (Å²) in [6.45, 7) is 4.65. The van der Waals surface area contributed by atoms with E-state index in [2.05, 4.69) is 4.98 Å². The van der Waals surface area contributed by atoms with Crippen LogP contribution in [0.3, 0.4) is 0 Å². The smallest absolute Gasteiger partial charge is 0.328 e. The van der Waals surface area contributed by atoms with E-state index in [4.69, 9.17) is 4.74 Å². The van der Waals surface area contributed by atoms with Crippen LogP contribution in [-0.4, -0.2) is 28.0 Å². The number of rotatable bonds is 5. The van der Waals surface area contributed by atoms with E-state index in [1.807, 2.05) is 30.3 Å². The summed E-state index contributed by atoms with van der Waals surface area (Å²) in [5.74, 6) is -0.636. The highest BCUT2D eigenvalue weighted by Gasteiger charge is 2.51. The van der Waals surface area contributed by atoms with Gasteiger partial charge in [-0.3, -0.25) is 14.9 Å². The van der Waals surface area contributed by atoms with Crippen molar-refractivity contribution in [2.24, 2.45) is 0 Å². The number of para-hydroxylation sites is 1. The van der Waals surface area contributed by atoms with Gasteiger partial charge in [0.05, 0.1) is 0 Å². The van der Waals surface area contributed by atoms with Crippen LogP contribution in [0.25, 0.3) is 10.9 Å². The SMILES string of the molecule is CC(C)(C)OC(=O)[C@](C[N+](=O)[O-])(c1ccccc1)c1c[nH]c2ccccc12. The van der Waals surface area contributed by atoms with Crippen LogP contribution < -0.4 is 0 Å². The summed E-state index contributed by atoms with van der Waals surface area (Å²) in [5, 5.41) is 12.4. The Labute approximate surface area is 157 Å². The monoisotopic (exact) mass is 366 g/mol. The van der Waals surface area contributed by atoms with Gasteiger partial charge in [-0.25, -0.2) is 0 Å². The lowest BCUT2D eigenvalue weighted by atomic mass is 9.74. The summed E-state index contributed by atoms with van der Waals surface area (Å²) in [5.41, 5.74) is -0.465. The normalized spacial score (nSPS) is 13.9. The number of nitro groups is 1. The van der Waals surface area contributed by atoms with E-state index in [9.17, 15) is 14.9 Å². The number of hydrogen-bond acceptors (Lipinski definition) is 4. The molecular weight excluding hydrogens is 344 g/mol. The molecule has 0 unspecified atom stereocenters. The molecule has 27 heavy (non-hydrogen) atoms. The largest absolute Gasteiger partial charge is 0.459 e. The molecule has 0 fully saturated rings. The minimum atomic E-state index is -1.56. The molecular formula is C21H22N2O4. The van der Waals surface area contributed by atoms with Crippen molar-refractivity contribution in [1.82, 2.24) is 4.98 Å². The lowest BCUT2D eigenvalue weighted by Gasteiger charge is -2.32.